The molecule has 0 saturated heterocycles. The Labute approximate surface area is 150 Å². The van der Waals surface area contributed by atoms with Gasteiger partial charge in [-0.1, -0.05) is 12.1 Å². The first-order valence-electron chi connectivity index (χ1n) is 8.49. The fourth-order valence-corrected chi connectivity index (χ4v) is 1.92. The number of hydrogen-bond acceptors (Lipinski definition) is 4. The average molecular weight is 350 g/mol. The van der Waals surface area contributed by atoms with Crippen LogP contribution < -0.4 is 15.4 Å². The van der Waals surface area contributed by atoms with Crippen LogP contribution in [0.3, 0.4) is 0 Å². The van der Waals surface area contributed by atoms with Gasteiger partial charge in [-0.05, 0) is 31.0 Å². The Morgan fingerprint density at radius 3 is 2.52 bits per heavy atom. The summed E-state index contributed by atoms with van der Waals surface area (Å²) in [7, 11) is 5.10. The molecule has 140 valence electrons. The number of rotatable bonds is 10. The van der Waals surface area contributed by atoms with Gasteiger partial charge in [-0.15, -0.1) is 0 Å². The maximum atomic E-state index is 11.8. The lowest BCUT2D eigenvalue weighted by Crippen LogP contribution is -2.43. The zero-order valence-electron chi connectivity index (χ0n) is 15.7. The summed E-state index contributed by atoms with van der Waals surface area (Å²) in [6.45, 7) is 4.84. The van der Waals surface area contributed by atoms with Crippen LogP contribution in [-0.2, 0) is 16.1 Å². The number of methoxy groups -OCH3 is 1. The number of nitrogens with zero attached hydrogens (tertiary/aromatic N) is 2. The molecule has 0 aliphatic rings. The number of aliphatic imine (C=N–C) groups is 1. The molecule has 1 amide bonds. The highest BCUT2D eigenvalue weighted by atomic mass is 16.5. The number of ether oxygens (including phenoxy) is 2. The van der Waals surface area contributed by atoms with Crippen LogP contribution in [0.2, 0.25) is 0 Å². The summed E-state index contributed by atoms with van der Waals surface area (Å²) >= 11 is 0. The van der Waals surface area contributed by atoms with Crippen molar-refractivity contribution < 1.29 is 14.3 Å². The number of amides is 1. The zero-order valence-corrected chi connectivity index (χ0v) is 15.7. The van der Waals surface area contributed by atoms with Gasteiger partial charge in [0, 0.05) is 33.9 Å². The Morgan fingerprint density at radius 2 is 1.92 bits per heavy atom. The van der Waals surface area contributed by atoms with Crippen LogP contribution in [-0.4, -0.2) is 64.3 Å². The number of carbonyl (C=O) groups excluding carboxylic acids is 1. The lowest BCUT2D eigenvalue weighted by atomic mass is 10.2. The van der Waals surface area contributed by atoms with Gasteiger partial charge >= 0.3 is 0 Å². The summed E-state index contributed by atoms with van der Waals surface area (Å²) in [6.07, 6.45) is 0.874. The van der Waals surface area contributed by atoms with Crippen LogP contribution in [0, 0.1) is 0 Å². The summed E-state index contributed by atoms with van der Waals surface area (Å²) in [5, 5.41) is 6.30. The van der Waals surface area contributed by atoms with Gasteiger partial charge in [0.25, 0.3) is 0 Å². The van der Waals surface area contributed by atoms with E-state index in [9.17, 15) is 4.79 Å². The van der Waals surface area contributed by atoms with E-state index in [0.717, 1.165) is 24.3 Å². The van der Waals surface area contributed by atoms with E-state index in [1.54, 1.807) is 26.1 Å². The summed E-state index contributed by atoms with van der Waals surface area (Å²) < 4.78 is 10.5. The quantitative estimate of drug-likeness (QED) is 0.377. The van der Waals surface area contributed by atoms with Crippen molar-refractivity contribution in [2.45, 2.75) is 19.9 Å². The molecule has 1 aromatic carbocycles. The predicted molar refractivity (Wildman–Crippen MR) is 99.9 cm³/mol. The molecule has 0 atom stereocenters. The molecule has 0 aromatic heterocycles. The normalized spacial score (nSPS) is 11.1. The van der Waals surface area contributed by atoms with E-state index in [0.29, 0.717) is 25.7 Å². The third-order valence-electron chi connectivity index (χ3n) is 3.45. The molecule has 0 spiro atoms. The minimum absolute atomic E-state index is 0.00624. The zero-order chi connectivity index (χ0) is 18.5. The smallest absolute Gasteiger partial charge is 0.241 e. The van der Waals surface area contributed by atoms with Crippen LogP contribution in [0.4, 0.5) is 0 Å². The molecule has 0 saturated carbocycles. The van der Waals surface area contributed by atoms with Gasteiger partial charge in [-0.3, -0.25) is 4.79 Å². The van der Waals surface area contributed by atoms with Crippen LogP contribution in [0.5, 0.6) is 5.75 Å². The standard InChI is InChI=1S/C18H30N4O3/c1-5-25-12-6-11-19-18(21-14-17(23)22(2)3)20-13-15-7-9-16(24-4)10-8-15/h7-10H,5-6,11-14H2,1-4H3,(H2,19,20,21). The van der Waals surface area contributed by atoms with Gasteiger partial charge in [0.2, 0.25) is 5.91 Å². The molecule has 7 heteroatoms. The lowest BCUT2D eigenvalue weighted by molar-refractivity contribution is -0.127. The minimum Gasteiger partial charge on any atom is -0.497 e. The molecule has 7 nitrogen and oxygen atoms in total. The van der Waals surface area contributed by atoms with Crippen molar-refractivity contribution >= 4 is 11.9 Å². The van der Waals surface area contributed by atoms with Crippen LogP contribution in [0.15, 0.2) is 29.3 Å². The molecule has 0 unspecified atom stereocenters. The van der Waals surface area contributed by atoms with E-state index in [1.807, 2.05) is 31.2 Å². The number of hydrogen-bond donors (Lipinski definition) is 2. The van der Waals surface area contributed by atoms with E-state index in [1.165, 1.54) is 0 Å². The first-order chi connectivity index (χ1) is 12.1. The molecular formula is C18H30N4O3. The number of guanidine groups is 1. The molecule has 1 aromatic rings. The first-order valence-corrected chi connectivity index (χ1v) is 8.49. The molecule has 0 aliphatic carbocycles. The molecule has 0 radical (unpaired) electrons. The van der Waals surface area contributed by atoms with E-state index in [2.05, 4.69) is 15.6 Å². The number of likely N-dealkylation sites (N-methyl/N-ethyl adjacent to an activating group) is 1. The highest BCUT2D eigenvalue weighted by Crippen LogP contribution is 2.11. The van der Waals surface area contributed by atoms with Crippen LogP contribution in [0.25, 0.3) is 0 Å². The second kappa shape index (κ2) is 12.1. The van der Waals surface area contributed by atoms with Gasteiger partial charge in [-0.25, -0.2) is 4.99 Å². The molecule has 0 aliphatic heterocycles. The molecular weight excluding hydrogens is 320 g/mol. The highest BCUT2D eigenvalue weighted by molar-refractivity contribution is 5.86. The molecule has 25 heavy (non-hydrogen) atoms. The fourth-order valence-electron chi connectivity index (χ4n) is 1.92. The second-order valence-electron chi connectivity index (χ2n) is 5.63. The summed E-state index contributed by atoms with van der Waals surface area (Å²) in [5.74, 6) is 1.42. The molecule has 0 fully saturated rings. The van der Waals surface area contributed by atoms with Crippen molar-refractivity contribution in [1.29, 1.82) is 0 Å². The second-order valence-corrected chi connectivity index (χ2v) is 5.63. The maximum Gasteiger partial charge on any atom is 0.241 e. The van der Waals surface area contributed by atoms with E-state index < -0.39 is 0 Å². The van der Waals surface area contributed by atoms with Crippen LogP contribution in [0.1, 0.15) is 18.9 Å². The first kappa shape index (κ1) is 20.8. The van der Waals surface area contributed by atoms with Crippen molar-refractivity contribution in [2.24, 2.45) is 4.99 Å². The lowest BCUT2D eigenvalue weighted by Gasteiger charge is -2.15. The molecule has 1 rings (SSSR count). The van der Waals surface area contributed by atoms with E-state index >= 15 is 0 Å². The minimum atomic E-state index is -0.00624. The van der Waals surface area contributed by atoms with Crippen molar-refractivity contribution in [3.05, 3.63) is 29.8 Å². The topological polar surface area (TPSA) is 75.2 Å². The molecule has 0 bridgehead atoms. The number of benzene rings is 1. The predicted octanol–water partition coefficient (Wildman–Crippen LogP) is 1.25. The maximum absolute atomic E-state index is 11.8. The fraction of sp³-hybridized carbons (Fsp3) is 0.556. The van der Waals surface area contributed by atoms with Gasteiger partial charge in [0.15, 0.2) is 5.96 Å². The van der Waals surface area contributed by atoms with Crippen molar-refractivity contribution in [2.75, 3.05) is 47.5 Å². The average Bonchev–Trinajstić information content (AvgIpc) is 2.63. The summed E-state index contributed by atoms with van der Waals surface area (Å²) in [5.41, 5.74) is 1.06. The van der Waals surface area contributed by atoms with E-state index in [4.69, 9.17) is 9.47 Å². The Kier molecular flexibility index (Phi) is 10.1. The Bertz CT molecular complexity index is 530. The third-order valence-corrected chi connectivity index (χ3v) is 3.45. The SMILES string of the molecule is CCOCCCNC(=NCc1ccc(OC)cc1)NCC(=O)N(C)C. The molecule has 2 N–H and O–H groups in total. The largest absolute Gasteiger partial charge is 0.497 e. The van der Waals surface area contributed by atoms with Crippen LogP contribution >= 0.6 is 0 Å². The summed E-state index contributed by atoms with van der Waals surface area (Å²) in [6, 6.07) is 7.76. The third kappa shape index (κ3) is 8.95. The van der Waals surface area contributed by atoms with Gasteiger partial charge in [-0.2, -0.15) is 0 Å². The number of carbonyl (C=O) groups is 1. The Morgan fingerprint density at radius 1 is 1.20 bits per heavy atom. The monoisotopic (exact) mass is 350 g/mol. The number of nitrogens with one attached hydrogen (secondary N) is 2. The summed E-state index contributed by atoms with van der Waals surface area (Å²) in [4.78, 5) is 17.8. The molecule has 0 heterocycles. The Hall–Kier alpha value is -2.28. The Balaban J connectivity index is 2.58. The van der Waals surface area contributed by atoms with Gasteiger partial charge in [0.05, 0.1) is 20.2 Å². The van der Waals surface area contributed by atoms with Crippen molar-refractivity contribution in [3.63, 3.8) is 0 Å². The van der Waals surface area contributed by atoms with E-state index in [-0.39, 0.29) is 12.5 Å². The van der Waals surface area contributed by atoms with Crippen molar-refractivity contribution in [3.8, 4) is 5.75 Å². The van der Waals surface area contributed by atoms with Crippen molar-refractivity contribution in [1.82, 2.24) is 15.5 Å². The van der Waals surface area contributed by atoms with Gasteiger partial charge in [0.1, 0.15) is 5.75 Å². The highest BCUT2D eigenvalue weighted by Gasteiger charge is 2.05. The van der Waals surface area contributed by atoms with Gasteiger partial charge < -0.3 is 25.0 Å².